The molecule has 0 spiro atoms. The minimum absolute atomic E-state index is 0.0462. The van der Waals surface area contributed by atoms with Crippen LogP contribution in [0.3, 0.4) is 0 Å². The first kappa shape index (κ1) is 11.4. The Morgan fingerprint density at radius 2 is 2.44 bits per heavy atom. The number of aromatic amines is 1. The van der Waals surface area contributed by atoms with Crippen LogP contribution >= 0.6 is 0 Å². The van der Waals surface area contributed by atoms with Gasteiger partial charge in [0.05, 0.1) is 17.5 Å². The van der Waals surface area contributed by atoms with E-state index in [4.69, 9.17) is 10.5 Å². The van der Waals surface area contributed by atoms with Crippen molar-refractivity contribution in [2.24, 2.45) is 5.73 Å². The summed E-state index contributed by atoms with van der Waals surface area (Å²) in [6.07, 6.45) is 2.07. The van der Waals surface area contributed by atoms with E-state index in [1.165, 1.54) is 10.6 Å². The summed E-state index contributed by atoms with van der Waals surface area (Å²) in [5, 5.41) is 3.05. The number of hydrogen-bond acceptors (Lipinski definition) is 4. The molecule has 2 atom stereocenters. The van der Waals surface area contributed by atoms with Crippen LogP contribution in [0.4, 0.5) is 0 Å². The van der Waals surface area contributed by atoms with Crippen LogP contribution in [0.5, 0.6) is 0 Å². The van der Waals surface area contributed by atoms with Gasteiger partial charge in [-0.1, -0.05) is 0 Å². The van der Waals surface area contributed by atoms with Gasteiger partial charge >= 0.3 is 0 Å². The molecule has 1 saturated heterocycles. The van der Waals surface area contributed by atoms with Gasteiger partial charge in [0.2, 0.25) is 0 Å². The van der Waals surface area contributed by atoms with Gasteiger partial charge in [0.25, 0.3) is 5.56 Å². The third-order valence-electron chi connectivity index (χ3n) is 3.23. The summed E-state index contributed by atoms with van der Waals surface area (Å²) in [7, 11) is 0. The maximum absolute atomic E-state index is 11.9. The first-order chi connectivity index (χ1) is 8.65. The Labute approximate surface area is 104 Å². The molecule has 0 aliphatic carbocycles. The number of hydrogen-bond donors (Lipinski definition) is 2. The lowest BCUT2D eigenvalue weighted by Crippen LogP contribution is -2.19. The Balaban J connectivity index is 2.10. The summed E-state index contributed by atoms with van der Waals surface area (Å²) in [5.74, 6) is 0. The van der Waals surface area contributed by atoms with Gasteiger partial charge < -0.3 is 10.5 Å². The van der Waals surface area contributed by atoms with Crippen LogP contribution in [0.2, 0.25) is 0 Å². The molecule has 3 rings (SSSR count). The Hall–Kier alpha value is -1.66. The van der Waals surface area contributed by atoms with Gasteiger partial charge in [-0.2, -0.15) is 0 Å². The smallest absolute Gasteiger partial charge is 0.272 e. The summed E-state index contributed by atoms with van der Waals surface area (Å²) >= 11 is 0. The molecular formula is C12H16N4O2. The zero-order valence-electron chi connectivity index (χ0n) is 10.2. The second-order valence-electron chi connectivity index (χ2n) is 4.71. The van der Waals surface area contributed by atoms with Crippen LogP contribution in [0.1, 0.15) is 43.3 Å². The van der Waals surface area contributed by atoms with Gasteiger partial charge in [-0.3, -0.25) is 9.89 Å². The summed E-state index contributed by atoms with van der Waals surface area (Å²) in [6, 6.07) is 3.08. The topological polar surface area (TPSA) is 85.4 Å². The van der Waals surface area contributed by atoms with Gasteiger partial charge in [0, 0.05) is 24.8 Å². The SMILES string of the molecule is CC(N)c1cc(=O)n2[nH]c(C3CCCO3)cc2n1. The van der Waals surface area contributed by atoms with Crippen molar-refractivity contribution in [1.29, 1.82) is 0 Å². The molecule has 6 nitrogen and oxygen atoms in total. The van der Waals surface area contributed by atoms with E-state index in [9.17, 15) is 4.79 Å². The van der Waals surface area contributed by atoms with Crippen molar-refractivity contribution in [1.82, 2.24) is 14.6 Å². The van der Waals surface area contributed by atoms with E-state index < -0.39 is 0 Å². The minimum Gasteiger partial charge on any atom is -0.372 e. The van der Waals surface area contributed by atoms with E-state index in [2.05, 4.69) is 10.1 Å². The lowest BCUT2D eigenvalue weighted by Gasteiger charge is -2.04. The molecule has 1 fully saturated rings. The molecule has 0 aromatic carbocycles. The fraction of sp³-hybridized carbons (Fsp3) is 0.500. The number of nitrogens with one attached hydrogen (secondary N) is 1. The lowest BCUT2D eigenvalue weighted by atomic mass is 10.2. The van der Waals surface area contributed by atoms with Crippen molar-refractivity contribution in [3.8, 4) is 0 Å². The van der Waals surface area contributed by atoms with E-state index in [0.717, 1.165) is 25.1 Å². The molecule has 0 bridgehead atoms. The van der Waals surface area contributed by atoms with Gasteiger partial charge in [-0.05, 0) is 19.8 Å². The summed E-state index contributed by atoms with van der Waals surface area (Å²) in [5.41, 5.74) is 7.72. The molecule has 3 N–H and O–H groups in total. The molecule has 2 unspecified atom stereocenters. The van der Waals surface area contributed by atoms with Gasteiger partial charge in [0.15, 0.2) is 5.65 Å². The zero-order chi connectivity index (χ0) is 12.7. The Morgan fingerprint density at radius 3 is 3.11 bits per heavy atom. The molecule has 2 aromatic rings. The van der Waals surface area contributed by atoms with Gasteiger partial charge in [-0.15, -0.1) is 0 Å². The molecule has 1 aliphatic heterocycles. The molecule has 1 aliphatic rings. The fourth-order valence-electron chi connectivity index (χ4n) is 2.25. The molecule has 0 radical (unpaired) electrons. The number of fused-ring (bicyclic) bond motifs is 1. The highest BCUT2D eigenvalue weighted by Gasteiger charge is 2.20. The Bertz CT molecular complexity index is 623. The predicted octanol–water partition coefficient (Wildman–Crippen LogP) is 0.894. The third-order valence-corrected chi connectivity index (χ3v) is 3.23. The number of nitrogens with zero attached hydrogens (tertiary/aromatic N) is 2. The number of H-pyrrole nitrogens is 1. The highest BCUT2D eigenvalue weighted by Crippen LogP contribution is 2.27. The second-order valence-corrected chi connectivity index (χ2v) is 4.71. The highest BCUT2D eigenvalue weighted by molar-refractivity contribution is 5.40. The van der Waals surface area contributed by atoms with Gasteiger partial charge in [0.1, 0.15) is 0 Å². The van der Waals surface area contributed by atoms with Crippen LogP contribution < -0.4 is 11.3 Å². The molecule has 18 heavy (non-hydrogen) atoms. The maximum Gasteiger partial charge on any atom is 0.272 e. The van der Waals surface area contributed by atoms with Crippen LogP contribution in [-0.2, 0) is 4.74 Å². The van der Waals surface area contributed by atoms with Crippen LogP contribution in [0.15, 0.2) is 16.9 Å². The molecular weight excluding hydrogens is 232 g/mol. The van der Waals surface area contributed by atoms with E-state index in [1.807, 2.05) is 13.0 Å². The van der Waals surface area contributed by atoms with Crippen LogP contribution in [0, 0.1) is 0 Å². The molecule has 6 heteroatoms. The quantitative estimate of drug-likeness (QED) is 0.826. The summed E-state index contributed by atoms with van der Waals surface area (Å²) < 4.78 is 7.02. The van der Waals surface area contributed by atoms with Crippen LogP contribution in [-0.4, -0.2) is 21.2 Å². The molecule has 0 saturated carbocycles. The van der Waals surface area contributed by atoms with Crippen LogP contribution in [0.25, 0.3) is 5.65 Å². The lowest BCUT2D eigenvalue weighted by molar-refractivity contribution is 0.108. The summed E-state index contributed by atoms with van der Waals surface area (Å²) in [4.78, 5) is 16.3. The van der Waals surface area contributed by atoms with Crippen molar-refractivity contribution >= 4 is 5.65 Å². The molecule has 2 aromatic heterocycles. The predicted molar refractivity (Wildman–Crippen MR) is 66.3 cm³/mol. The first-order valence-corrected chi connectivity index (χ1v) is 6.15. The van der Waals surface area contributed by atoms with Gasteiger partial charge in [-0.25, -0.2) is 9.50 Å². The van der Waals surface area contributed by atoms with E-state index in [-0.39, 0.29) is 17.7 Å². The highest BCUT2D eigenvalue weighted by atomic mass is 16.5. The minimum atomic E-state index is -0.246. The van der Waals surface area contributed by atoms with Crippen molar-refractivity contribution in [2.45, 2.75) is 31.9 Å². The summed E-state index contributed by atoms with van der Waals surface area (Å²) in [6.45, 7) is 2.58. The van der Waals surface area contributed by atoms with Crippen molar-refractivity contribution in [3.05, 3.63) is 33.9 Å². The largest absolute Gasteiger partial charge is 0.372 e. The maximum atomic E-state index is 11.9. The van der Waals surface area contributed by atoms with Crippen molar-refractivity contribution in [3.63, 3.8) is 0 Å². The van der Waals surface area contributed by atoms with E-state index in [0.29, 0.717) is 11.3 Å². The fourth-order valence-corrected chi connectivity index (χ4v) is 2.25. The number of nitrogens with two attached hydrogens (primary N) is 1. The Morgan fingerprint density at radius 1 is 1.61 bits per heavy atom. The average Bonchev–Trinajstić information content (AvgIpc) is 2.96. The normalized spacial score (nSPS) is 21.6. The first-order valence-electron chi connectivity index (χ1n) is 6.15. The number of rotatable bonds is 2. The average molecular weight is 248 g/mol. The Kier molecular flexibility index (Phi) is 2.68. The van der Waals surface area contributed by atoms with E-state index >= 15 is 0 Å². The molecule has 3 heterocycles. The van der Waals surface area contributed by atoms with E-state index in [1.54, 1.807) is 0 Å². The standard InChI is InChI=1S/C12H16N4O2/c1-7(13)8-6-12(17)16-11(14-8)5-9(15-16)10-3-2-4-18-10/h5-7,10,15H,2-4,13H2,1H3. The monoisotopic (exact) mass is 248 g/mol. The number of aromatic nitrogens is 3. The van der Waals surface area contributed by atoms with Crippen molar-refractivity contribution in [2.75, 3.05) is 6.61 Å². The second kappa shape index (κ2) is 4.22. The zero-order valence-corrected chi connectivity index (χ0v) is 10.2. The molecule has 0 amide bonds. The van der Waals surface area contributed by atoms with Crippen molar-refractivity contribution < 1.29 is 4.74 Å². The third kappa shape index (κ3) is 1.83. The molecule has 96 valence electrons. The number of ether oxygens (including phenoxy) is 1.